The summed E-state index contributed by atoms with van der Waals surface area (Å²) in [5.41, 5.74) is -1.61. The maximum absolute atomic E-state index is 13.5. The summed E-state index contributed by atoms with van der Waals surface area (Å²) in [7, 11) is 1.47. The summed E-state index contributed by atoms with van der Waals surface area (Å²) in [6.45, 7) is 1.54. The van der Waals surface area contributed by atoms with Crippen LogP contribution in [0, 0.1) is 6.92 Å². The van der Waals surface area contributed by atoms with E-state index in [9.17, 15) is 27.6 Å². The number of carbonyl (C=O) groups excluding carboxylic acids is 1. The van der Waals surface area contributed by atoms with Gasteiger partial charge in [-0.25, -0.2) is 24.7 Å². The first-order valence-electron chi connectivity index (χ1n) is 12.1. The molecule has 14 nitrogen and oxygen atoms in total. The second kappa shape index (κ2) is 9.17. The van der Waals surface area contributed by atoms with E-state index in [0.717, 1.165) is 17.0 Å². The molecule has 5 aromatic heterocycles. The molecule has 5 aromatic rings. The van der Waals surface area contributed by atoms with E-state index >= 15 is 0 Å². The van der Waals surface area contributed by atoms with Gasteiger partial charge >= 0.3 is 11.9 Å². The number of fused-ring (bicyclic) bond motifs is 1. The number of hydrogen-bond donors (Lipinski definition) is 1. The summed E-state index contributed by atoms with van der Waals surface area (Å²) in [5.74, 6) is -1.27. The van der Waals surface area contributed by atoms with Crippen molar-refractivity contribution in [2.24, 2.45) is 7.05 Å². The van der Waals surface area contributed by atoms with Crippen LogP contribution in [0.2, 0.25) is 0 Å². The first-order valence-corrected chi connectivity index (χ1v) is 12.1. The summed E-state index contributed by atoms with van der Waals surface area (Å²) in [4.78, 5) is 59.1. The van der Waals surface area contributed by atoms with Crippen LogP contribution in [0.25, 0.3) is 22.4 Å². The zero-order valence-electron chi connectivity index (χ0n) is 21.4. The fraction of sp³-hybridized carbons (Fsp3) is 0.292. The lowest BCUT2D eigenvalue weighted by Gasteiger charge is -2.18. The number of aryl methyl sites for hydroxylation is 2. The first-order chi connectivity index (χ1) is 19.5. The van der Waals surface area contributed by atoms with E-state index in [0.29, 0.717) is 24.3 Å². The number of aromatic nitrogens is 9. The minimum absolute atomic E-state index is 0.0225. The highest BCUT2D eigenvalue weighted by molar-refractivity contribution is 5.99. The predicted octanol–water partition coefficient (Wildman–Crippen LogP) is 1.64. The molecule has 0 radical (unpaired) electrons. The highest BCUT2D eigenvalue weighted by Crippen LogP contribution is 2.45. The van der Waals surface area contributed by atoms with Gasteiger partial charge in [0.05, 0.1) is 31.0 Å². The Bertz CT molecular complexity index is 1930. The molecule has 210 valence electrons. The van der Waals surface area contributed by atoms with Crippen molar-refractivity contribution in [3.05, 3.63) is 75.3 Å². The highest BCUT2D eigenvalue weighted by atomic mass is 19.4. The van der Waals surface area contributed by atoms with E-state index < -0.39 is 34.7 Å². The number of rotatable bonds is 6. The monoisotopic (exact) mass is 568 g/mol. The lowest BCUT2D eigenvalue weighted by molar-refractivity contribution is -0.145. The molecular formula is C24H19F3N10O4. The Morgan fingerprint density at radius 3 is 2.49 bits per heavy atom. The quantitative estimate of drug-likeness (QED) is 0.318. The Kier molecular flexibility index (Phi) is 5.82. The minimum Gasteiger partial charge on any atom is -0.361 e. The largest absolute Gasteiger partial charge is 0.451 e. The summed E-state index contributed by atoms with van der Waals surface area (Å²) in [5, 5.41) is 6.52. The van der Waals surface area contributed by atoms with Crippen molar-refractivity contribution in [3.8, 4) is 11.3 Å². The molecule has 0 unspecified atom stereocenters. The Morgan fingerprint density at radius 2 is 1.85 bits per heavy atom. The summed E-state index contributed by atoms with van der Waals surface area (Å²) in [6.07, 6.45) is 1.86. The van der Waals surface area contributed by atoms with Crippen LogP contribution in [0.5, 0.6) is 0 Å². The molecule has 41 heavy (non-hydrogen) atoms. The molecule has 0 aliphatic heterocycles. The van der Waals surface area contributed by atoms with Gasteiger partial charge in [-0.1, -0.05) is 5.16 Å². The van der Waals surface area contributed by atoms with Crippen LogP contribution in [-0.4, -0.2) is 49.7 Å². The lowest BCUT2D eigenvalue weighted by atomic mass is 10.2. The van der Waals surface area contributed by atoms with Crippen LogP contribution in [-0.2, 0) is 30.1 Å². The van der Waals surface area contributed by atoms with Gasteiger partial charge in [-0.05, 0) is 19.8 Å². The molecule has 1 amide bonds. The van der Waals surface area contributed by atoms with E-state index in [4.69, 9.17) is 4.52 Å². The van der Waals surface area contributed by atoms with Gasteiger partial charge in [-0.2, -0.15) is 13.2 Å². The van der Waals surface area contributed by atoms with Gasteiger partial charge in [0.15, 0.2) is 17.0 Å². The van der Waals surface area contributed by atoms with Crippen LogP contribution < -0.4 is 16.6 Å². The molecule has 1 saturated carbocycles. The third-order valence-corrected chi connectivity index (χ3v) is 6.71. The van der Waals surface area contributed by atoms with Gasteiger partial charge in [0.25, 0.3) is 11.5 Å². The smallest absolute Gasteiger partial charge is 0.361 e. The molecule has 0 saturated heterocycles. The van der Waals surface area contributed by atoms with Crippen molar-refractivity contribution in [2.75, 3.05) is 5.32 Å². The van der Waals surface area contributed by atoms with Crippen molar-refractivity contribution in [1.82, 2.24) is 43.8 Å². The van der Waals surface area contributed by atoms with Crippen molar-refractivity contribution < 1.29 is 22.5 Å². The van der Waals surface area contributed by atoms with Crippen LogP contribution in [0.4, 0.5) is 19.0 Å². The van der Waals surface area contributed by atoms with Gasteiger partial charge < -0.3 is 14.4 Å². The molecule has 17 heteroatoms. The Balaban J connectivity index is 1.32. The van der Waals surface area contributed by atoms with Gasteiger partial charge in [0.1, 0.15) is 17.0 Å². The molecule has 0 atom stereocenters. The molecule has 6 rings (SSSR count). The maximum Gasteiger partial charge on any atom is 0.451 e. The number of amides is 1. The lowest BCUT2D eigenvalue weighted by Crippen LogP contribution is -2.41. The fourth-order valence-corrected chi connectivity index (χ4v) is 4.49. The van der Waals surface area contributed by atoms with Crippen LogP contribution in [0.15, 0.2) is 51.3 Å². The van der Waals surface area contributed by atoms with Crippen molar-refractivity contribution in [3.63, 3.8) is 0 Å². The highest BCUT2D eigenvalue weighted by Gasteiger charge is 2.53. The van der Waals surface area contributed by atoms with Gasteiger partial charge in [-0.15, -0.1) is 0 Å². The van der Waals surface area contributed by atoms with Gasteiger partial charge in [0, 0.05) is 31.1 Å². The van der Waals surface area contributed by atoms with Gasteiger partial charge in [0.2, 0.25) is 5.82 Å². The Morgan fingerprint density at radius 1 is 1.12 bits per heavy atom. The number of imidazole rings is 1. The van der Waals surface area contributed by atoms with Crippen LogP contribution in [0.1, 0.15) is 30.1 Å². The molecule has 1 aliphatic carbocycles. The average Bonchev–Trinajstić information content (AvgIpc) is 3.45. The standard InChI is InChI=1S/C24H19F3N10O4/c1-12-5-14(34-41-12)10-36-19(38)17-18(35(2)22(36)40)31-11-37(17)23(3-4-23)21(39)33-16-9-28-8-15(32-16)13-6-29-20(30-7-13)24(25,26)27/h5-9,11H,3-4,10H2,1-2H3,(H,32,33,39). The first kappa shape index (κ1) is 26.0. The summed E-state index contributed by atoms with van der Waals surface area (Å²) >= 11 is 0. The fourth-order valence-electron chi connectivity index (χ4n) is 4.49. The Labute approximate surface area is 226 Å². The van der Waals surface area contributed by atoms with E-state index in [1.807, 2.05) is 0 Å². The number of carbonyl (C=O) groups is 1. The maximum atomic E-state index is 13.5. The average molecular weight is 568 g/mol. The second-order valence-corrected chi connectivity index (χ2v) is 9.52. The van der Waals surface area contributed by atoms with Crippen molar-refractivity contribution in [1.29, 1.82) is 0 Å². The number of alkyl halides is 3. The number of nitrogens with zero attached hydrogens (tertiary/aromatic N) is 9. The van der Waals surface area contributed by atoms with Crippen molar-refractivity contribution in [2.45, 2.75) is 38.0 Å². The molecule has 1 N–H and O–H groups in total. The topological polar surface area (TPSA) is 169 Å². The van der Waals surface area contributed by atoms with Crippen LogP contribution in [0.3, 0.4) is 0 Å². The molecule has 5 heterocycles. The molecule has 1 aliphatic rings. The third-order valence-electron chi connectivity index (χ3n) is 6.71. The molecule has 0 aromatic carbocycles. The van der Waals surface area contributed by atoms with E-state index in [-0.39, 0.29) is 34.8 Å². The minimum atomic E-state index is -4.69. The zero-order chi connectivity index (χ0) is 29.1. The molecule has 1 fully saturated rings. The molecular weight excluding hydrogens is 549 g/mol. The van der Waals surface area contributed by atoms with E-state index in [1.54, 1.807) is 13.0 Å². The number of anilines is 1. The zero-order valence-corrected chi connectivity index (χ0v) is 21.4. The second-order valence-electron chi connectivity index (χ2n) is 9.52. The van der Waals surface area contributed by atoms with E-state index in [2.05, 4.69) is 35.4 Å². The SMILES string of the molecule is Cc1cc(Cn2c(=O)c3c(ncn3C3(C(=O)Nc4cncc(-c5cnc(C(F)(F)F)nc5)n4)CC3)n(C)c2=O)no1. The number of halogens is 3. The Hall–Kier alpha value is -5.22. The summed E-state index contributed by atoms with van der Waals surface area (Å²) in [6, 6.07) is 1.61. The number of hydrogen-bond acceptors (Lipinski definition) is 10. The van der Waals surface area contributed by atoms with Crippen molar-refractivity contribution >= 4 is 22.9 Å². The number of nitrogens with one attached hydrogen (secondary N) is 1. The predicted molar refractivity (Wildman–Crippen MR) is 133 cm³/mol. The molecule has 0 spiro atoms. The van der Waals surface area contributed by atoms with Gasteiger partial charge in [-0.3, -0.25) is 23.7 Å². The molecule has 0 bridgehead atoms. The van der Waals surface area contributed by atoms with Crippen LogP contribution >= 0.6 is 0 Å². The summed E-state index contributed by atoms with van der Waals surface area (Å²) < 4.78 is 47.1. The third kappa shape index (κ3) is 4.44. The normalized spacial score (nSPS) is 14.4. The van der Waals surface area contributed by atoms with E-state index in [1.165, 1.54) is 34.9 Å².